The summed E-state index contributed by atoms with van der Waals surface area (Å²) in [6, 6.07) is 8.61. The summed E-state index contributed by atoms with van der Waals surface area (Å²) in [6.07, 6.45) is 0.278. The van der Waals surface area contributed by atoms with Gasteiger partial charge in [0, 0.05) is 18.8 Å². The Morgan fingerprint density at radius 3 is 2.68 bits per heavy atom. The zero-order valence-electron chi connectivity index (χ0n) is 20.8. The van der Waals surface area contributed by atoms with Crippen molar-refractivity contribution >= 4 is 23.2 Å². The van der Waals surface area contributed by atoms with Crippen molar-refractivity contribution in [3.63, 3.8) is 0 Å². The van der Waals surface area contributed by atoms with E-state index in [4.69, 9.17) is 10.4 Å². The van der Waals surface area contributed by atoms with Crippen molar-refractivity contribution in [2.45, 2.75) is 50.1 Å². The van der Waals surface area contributed by atoms with E-state index in [9.17, 15) is 24.2 Å². The number of rotatable bonds is 9. The molecule has 1 fully saturated rings. The predicted octanol–water partition coefficient (Wildman–Crippen LogP) is 1.68. The van der Waals surface area contributed by atoms with E-state index in [0.29, 0.717) is 28.2 Å². The maximum atomic E-state index is 14.2. The minimum atomic E-state index is -1.70. The lowest BCUT2D eigenvalue weighted by Gasteiger charge is -2.44. The third-order valence-electron chi connectivity index (χ3n) is 6.43. The Labute approximate surface area is 217 Å². The Morgan fingerprint density at radius 1 is 1.29 bits per heavy atom. The molecule has 38 heavy (non-hydrogen) atoms. The van der Waals surface area contributed by atoms with Gasteiger partial charge >= 0.3 is 6.09 Å². The summed E-state index contributed by atoms with van der Waals surface area (Å²) in [5.74, 6) is -0.614. The van der Waals surface area contributed by atoms with E-state index >= 15 is 0 Å². The SMILES string of the molecule is CC(C)(O)C(F)CNC(=O)c1cnc(-c2ccc3cc(C#N)cnn23)cc1NC1CC(O)(CNC(=O)O)C1. The summed E-state index contributed by atoms with van der Waals surface area (Å²) in [6.45, 7) is 2.07. The summed E-state index contributed by atoms with van der Waals surface area (Å²) in [5.41, 5.74) is -0.230. The molecule has 4 rings (SSSR count). The number of hydrogen-bond acceptors (Lipinski definition) is 8. The Hall–Kier alpha value is -4.28. The molecule has 1 aliphatic carbocycles. The lowest BCUT2D eigenvalue weighted by Crippen LogP contribution is -2.56. The predicted molar refractivity (Wildman–Crippen MR) is 134 cm³/mol. The molecule has 6 N–H and O–H groups in total. The van der Waals surface area contributed by atoms with Crippen LogP contribution < -0.4 is 16.0 Å². The van der Waals surface area contributed by atoms with Gasteiger partial charge in [0.15, 0.2) is 0 Å². The number of carbonyl (C=O) groups is 2. The largest absolute Gasteiger partial charge is 0.465 e. The molecule has 0 saturated heterocycles. The molecule has 1 atom stereocenters. The van der Waals surface area contributed by atoms with Gasteiger partial charge in [-0.3, -0.25) is 9.78 Å². The second-order valence-corrected chi connectivity index (χ2v) is 9.99. The molecule has 1 aliphatic rings. The topological polar surface area (TPSA) is 185 Å². The molecule has 13 heteroatoms. The van der Waals surface area contributed by atoms with Crippen molar-refractivity contribution < 1.29 is 29.3 Å². The van der Waals surface area contributed by atoms with E-state index in [1.54, 1.807) is 28.8 Å². The molecule has 12 nitrogen and oxygen atoms in total. The minimum Gasteiger partial charge on any atom is -0.465 e. The number of amides is 2. The Balaban J connectivity index is 1.60. The fraction of sp³-hybridized carbons (Fsp3) is 0.400. The lowest BCUT2D eigenvalue weighted by molar-refractivity contribution is -0.0383. The van der Waals surface area contributed by atoms with Crippen molar-refractivity contribution in [1.29, 1.82) is 5.26 Å². The van der Waals surface area contributed by atoms with Crippen LogP contribution in [0.4, 0.5) is 14.9 Å². The summed E-state index contributed by atoms with van der Waals surface area (Å²) in [4.78, 5) is 28.1. The van der Waals surface area contributed by atoms with Gasteiger partial charge < -0.3 is 31.3 Å². The molecule has 1 unspecified atom stereocenters. The number of aliphatic hydroxyl groups is 2. The number of nitriles is 1. The smallest absolute Gasteiger partial charge is 0.404 e. The number of fused-ring (bicyclic) bond motifs is 1. The zero-order chi connectivity index (χ0) is 27.7. The van der Waals surface area contributed by atoms with Crippen molar-refractivity contribution in [1.82, 2.24) is 25.2 Å². The number of alkyl halides is 1. The standard InChI is InChI=1S/C25H28FN7O5/c1-24(2,37)21(26)12-29-22(34)17-11-28-19(20-4-3-16-5-14(9-27)10-31-33(16)20)6-18(17)32-15-7-25(38,8-15)13-30-23(35)36/h3-6,10-11,15,21,30,37-38H,7-8,12-13H2,1-2H3,(H,28,32)(H,29,34)(H,35,36). The average molecular weight is 526 g/mol. The quantitative estimate of drug-likeness (QED) is 0.242. The highest BCUT2D eigenvalue weighted by molar-refractivity contribution is 6.00. The first-order valence-electron chi connectivity index (χ1n) is 11.9. The van der Waals surface area contributed by atoms with E-state index in [1.165, 1.54) is 26.2 Å². The van der Waals surface area contributed by atoms with Crippen LogP contribution in [0.5, 0.6) is 0 Å². The third kappa shape index (κ3) is 5.82. The summed E-state index contributed by atoms with van der Waals surface area (Å²) in [5, 5.41) is 50.4. The maximum absolute atomic E-state index is 14.2. The van der Waals surface area contributed by atoms with Crippen LogP contribution >= 0.6 is 0 Å². The molecule has 0 aliphatic heterocycles. The molecule has 3 aromatic rings. The number of pyridine rings is 1. The van der Waals surface area contributed by atoms with Crippen molar-refractivity contribution in [3.8, 4) is 17.5 Å². The second kappa shape index (κ2) is 10.2. The number of carboxylic acid groups (broad SMARTS) is 1. The number of hydrogen-bond donors (Lipinski definition) is 6. The summed E-state index contributed by atoms with van der Waals surface area (Å²) < 4.78 is 15.8. The van der Waals surface area contributed by atoms with Gasteiger partial charge in [-0.1, -0.05) is 0 Å². The molecular formula is C25H28FN7O5. The molecule has 0 aromatic carbocycles. The lowest BCUT2D eigenvalue weighted by atomic mass is 9.75. The van der Waals surface area contributed by atoms with Crippen LogP contribution in [-0.4, -0.2) is 78.4 Å². The first-order valence-corrected chi connectivity index (χ1v) is 11.9. The van der Waals surface area contributed by atoms with Gasteiger partial charge in [0.2, 0.25) is 0 Å². The molecule has 0 bridgehead atoms. The highest BCUT2D eigenvalue weighted by Gasteiger charge is 2.43. The average Bonchev–Trinajstić information content (AvgIpc) is 3.27. The van der Waals surface area contributed by atoms with Gasteiger partial charge in [-0.25, -0.2) is 13.7 Å². The van der Waals surface area contributed by atoms with Gasteiger partial charge in [0.1, 0.15) is 12.2 Å². The van der Waals surface area contributed by atoms with E-state index < -0.39 is 35.9 Å². The maximum Gasteiger partial charge on any atom is 0.404 e. The third-order valence-corrected chi connectivity index (χ3v) is 6.43. The van der Waals surface area contributed by atoms with Crippen molar-refractivity contribution in [3.05, 3.63) is 47.8 Å². The Bertz CT molecular complexity index is 1410. The number of nitrogens with one attached hydrogen (secondary N) is 3. The monoisotopic (exact) mass is 525 g/mol. The molecule has 3 heterocycles. The molecular weight excluding hydrogens is 497 g/mol. The number of halogens is 1. The van der Waals surface area contributed by atoms with E-state index in [1.807, 2.05) is 6.07 Å². The van der Waals surface area contributed by atoms with Gasteiger partial charge in [-0.05, 0) is 51.0 Å². The van der Waals surface area contributed by atoms with Crippen LogP contribution in [0.1, 0.15) is 42.6 Å². The van der Waals surface area contributed by atoms with Crippen LogP contribution in [0, 0.1) is 11.3 Å². The highest BCUT2D eigenvalue weighted by atomic mass is 19.1. The van der Waals surface area contributed by atoms with Crippen molar-refractivity contribution in [2.24, 2.45) is 0 Å². The Morgan fingerprint density at radius 2 is 2.03 bits per heavy atom. The van der Waals surface area contributed by atoms with Crippen LogP contribution in [-0.2, 0) is 0 Å². The first kappa shape index (κ1) is 26.8. The molecule has 3 aromatic heterocycles. The highest BCUT2D eigenvalue weighted by Crippen LogP contribution is 2.35. The summed E-state index contributed by atoms with van der Waals surface area (Å²) >= 11 is 0. The zero-order valence-corrected chi connectivity index (χ0v) is 20.8. The number of nitrogens with zero attached hydrogens (tertiary/aromatic N) is 4. The molecule has 0 spiro atoms. The summed E-state index contributed by atoms with van der Waals surface area (Å²) in [7, 11) is 0. The normalized spacial score (nSPS) is 19.7. The van der Waals surface area contributed by atoms with Gasteiger partial charge in [-0.2, -0.15) is 10.4 Å². The Kier molecular flexibility index (Phi) is 7.21. The number of anilines is 1. The van der Waals surface area contributed by atoms with Gasteiger partial charge in [0.25, 0.3) is 5.91 Å². The van der Waals surface area contributed by atoms with Crippen LogP contribution in [0.25, 0.3) is 16.9 Å². The van der Waals surface area contributed by atoms with E-state index in [-0.39, 0.29) is 31.0 Å². The van der Waals surface area contributed by atoms with E-state index in [0.717, 1.165) is 0 Å². The fourth-order valence-corrected chi connectivity index (χ4v) is 4.24. The van der Waals surface area contributed by atoms with Gasteiger partial charge in [-0.15, -0.1) is 0 Å². The van der Waals surface area contributed by atoms with Crippen LogP contribution in [0.2, 0.25) is 0 Å². The number of aromatic nitrogens is 3. The van der Waals surface area contributed by atoms with E-state index in [2.05, 4.69) is 26.0 Å². The van der Waals surface area contributed by atoms with Gasteiger partial charge in [0.05, 0.1) is 57.7 Å². The minimum absolute atomic E-state index is 0.122. The second-order valence-electron chi connectivity index (χ2n) is 9.99. The fourth-order valence-electron chi connectivity index (χ4n) is 4.24. The number of carbonyl (C=O) groups excluding carboxylic acids is 1. The molecule has 2 amide bonds. The molecule has 0 radical (unpaired) electrons. The van der Waals surface area contributed by atoms with Crippen LogP contribution in [0.15, 0.2) is 36.7 Å². The van der Waals surface area contributed by atoms with Crippen LogP contribution in [0.3, 0.4) is 0 Å². The molecule has 1 saturated carbocycles. The van der Waals surface area contributed by atoms with Crippen molar-refractivity contribution in [2.75, 3.05) is 18.4 Å². The first-order chi connectivity index (χ1) is 17.9. The molecule has 200 valence electrons.